The van der Waals surface area contributed by atoms with Crippen molar-refractivity contribution in [1.82, 2.24) is 10.2 Å². The number of rotatable bonds is 5. The first kappa shape index (κ1) is 19.1. The summed E-state index contributed by atoms with van der Waals surface area (Å²) < 4.78 is 32.5. The van der Waals surface area contributed by atoms with Crippen molar-refractivity contribution in [3.8, 4) is 0 Å². The van der Waals surface area contributed by atoms with Crippen LogP contribution in [0.15, 0.2) is 52.9 Å². The maximum atomic E-state index is 14.4. The van der Waals surface area contributed by atoms with Crippen molar-refractivity contribution in [2.24, 2.45) is 5.73 Å². The van der Waals surface area contributed by atoms with Crippen LogP contribution in [0.5, 0.6) is 0 Å². The zero-order valence-electron chi connectivity index (χ0n) is 15.3. The lowest BCUT2D eigenvalue weighted by atomic mass is 10.1. The smallest absolute Gasteiger partial charge is 0.291 e. The van der Waals surface area contributed by atoms with Gasteiger partial charge < -0.3 is 15.5 Å². The minimum Gasteiger partial charge on any atom is -0.446 e. The number of carbonyl (C=O) groups is 2. The number of carbonyl (C=O) groups excluding carboxylic acids is 2. The van der Waals surface area contributed by atoms with Crippen LogP contribution in [-0.2, 0) is 0 Å². The van der Waals surface area contributed by atoms with E-state index >= 15 is 0 Å². The van der Waals surface area contributed by atoms with E-state index in [1.54, 1.807) is 24.3 Å². The Bertz CT molecular complexity index is 1290. The van der Waals surface area contributed by atoms with Gasteiger partial charge in [-0.2, -0.15) is 5.10 Å². The number of halogens is 2. The van der Waals surface area contributed by atoms with Gasteiger partial charge in [0.1, 0.15) is 11.6 Å². The lowest BCUT2D eigenvalue weighted by Crippen LogP contribution is -2.13. The minimum absolute atomic E-state index is 0.0950. The molecule has 4 aromatic rings. The summed E-state index contributed by atoms with van der Waals surface area (Å²) in [6.45, 7) is 0. The van der Waals surface area contributed by atoms with Crippen molar-refractivity contribution in [3.05, 3.63) is 82.9 Å². The number of hydrogen-bond acceptors (Lipinski definition) is 4. The fraction of sp³-hybridized carbons (Fsp3) is 0. The summed E-state index contributed by atoms with van der Waals surface area (Å²) in [7, 11) is 0. The first-order valence-corrected chi connectivity index (χ1v) is 8.73. The Labute approximate surface area is 168 Å². The van der Waals surface area contributed by atoms with Gasteiger partial charge in [0.15, 0.2) is 11.5 Å². The Balaban J connectivity index is 1.61. The van der Waals surface area contributed by atoms with Crippen LogP contribution in [0.4, 0.5) is 14.5 Å². The topological polar surface area (TPSA) is 114 Å². The van der Waals surface area contributed by atoms with Gasteiger partial charge in [0.05, 0.1) is 16.9 Å². The maximum absolute atomic E-state index is 14.4. The van der Waals surface area contributed by atoms with Crippen LogP contribution in [0.3, 0.4) is 0 Å². The highest BCUT2D eigenvalue weighted by Crippen LogP contribution is 2.26. The molecular weight excluding hydrogens is 394 g/mol. The Morgan fingerprint density at radius 1 is 1.03 bits per heavy atom. The van der Waals surface area contributed by atoms with Crippen LogP contribution in [0.25, 0.3) is 23.1 Å². The molecule has 9 heteroatoms. The standard InChI is InChI=1S/C21H14F2N4O3/c22-12-4-1-11(2-5-12)3-6-15-13-9-17(14(23)10-16(13)27-26-15)25-21(29)19-8-7-18(30-19)20(24)28/h1-10H,(H2,24,28)(H,25,29)(H,26,27)/b6-3+. The van der Waals surface area contributed by atoms with Crippen molar-refractivity contribution in [2.45, 2.75) is 0 Å². The summed E-state index contributed by atoms with van der Waals surface area (Å²) in [6.07, 6.45) is 3.41. The summed E-state index contributed by atoms with van der Waals surface area (Å²) in [4.78, 5) is 23.4. The number of aromatic nitrogens is 2. The fourth-order valence-corrected chi connectivity index (χ4v) is 2.81. The second-order valence-electron chi connectivity index (χ2n) is 6.35. The van der Waals surface area contributed by atoms with Crippen molar-refractivity contribution >= 4 is 40.6 Å². The van der Waals surface area contributed by atoms with Crippen LogP contribution >= 0.6 is 0 Å². The van der Waals surface area contributed by atoms with Crippen molar-refractivity contribution in [3.63, 3.8) is 0 Å². The second kappa shape index (κ2) is 7.63. The number of anilines is 1. The molecule has 2 aromatic carbocycles. The molecule has 0 atom stereocenters. The van der Waals surface area contributed by atoms with Gasteiger partial charge in [-0.15, -0.1) is 0 Å². The van der Waals surface area contributed by atoms with Crippen molar-refractivity contribution < 1.29 is 22.8 Å². The molecule has 2 aromatic heterocycles. The number of nitrogens with two attached hydrogens (primary N) is 1. The fourth-order valence-electron chi connectivity index (χ4n) is 2.81. The van der Waals surface area contributed by atoms with Gasteiger partial charge in [0.2, 0.25) is 0 Å². The molecule has 0 unspecified atom stereocenters. The average Bonchev–Trinajstić information content (AvgIpc) is 3.35. The van der Waals surface area contributed by atoms with E-state index in [0.29, 0.717) is 16.6 Å². The number of nitrogens with zero attached hydrogens (tertiary/aromatic N) is 1. The first-order chi connectivity index (χ1) is 14.4. The van der Waals surface area contributed by atoms with Gasteiger partial charge in [-0.1, -0.05) is 18.2 Å². The lowest BCUT2D eigenvalue weighted by Gasteiger charge is -2.05. The molecule has 0 aliphatic heterocycles. The molecule has 0 saturated carbocycles. The van der Waals surface area contributed by atoms with E-state index in [2.05, 4.69) is 15.5 Å². The van der Waals surface area contributed by atoms with E-state index in [1.807, 2.05) is 0 Å². The van der Waals surface area contributed by atoms with Crippen molar-refractivity contribution in [2.75, 3.05) is 5.32 Å². The van der Waals surface area contributed by atoms with Crippen LogP contribution in [0.2, 0.25) is 0 Å². The zero-order chi connectivity index (χ0) is 21.3. The number of aromatic amines is 1. The third-order valence-corrected chi connectivity index (χ3v) is 4.30. The highest BCUT2D eigenvalue weighted by molar-refractivity contribution is 6.04. The number of H-pyrrole nitrogens is 1. The van der Waals surface area contributed by atoms with E-state index in [4.69, 9.17) is 10.2 Å². The largest absolute Gasteiger partial charge is 0.446 e. The number of fused-ring (bicyclic) bond motifs is 1. The minimum atomic E-state index is -0.822. The van der Waals surface area contributed by atoms with Gasteiger partial charge in [-0.3, -0.25) is 14.7 Å². The molecule has 7 nitrogen and oxygen atoms in total. The summed E-state index contributed by atoms with van der Waals surface area (Å²) in [5, 5.41) is 9.81. The van der Waals surface area contributed by atoms with E-state index in [-0.39, 0.29) is 23.0 Å². The van der Waals surface area contributed by atoms with Gasteiger partial charge >= 0.3 is 0 Å². The first-order valence-electron chi connectivity index (χ1n) is 8.73. The van der Waals surface area contributed by atoms with Gasteiger partial charge in [0.25, 0.3) is 11.8 Å². The Kier molecular flexibility index (Phi) is 4.85. The number of nitrogens with one attached hydrogen (secondary N) is 2. The number of primary amides is 1. The molecule has 2 amide bonds. The highest BCUT2D eigenvalue weighted by Gasteiger charge is 2.17. The van der Waals surface area contributed by atoms with Crippen molar-refractivity contribution in [1.29, 1.82) is 0 Å². The Morgan fingerprint density at radius 3 is 2.47 bits per heavy atom. The van der Waals surface area contributed by atoms with Crippen LogP contribution in [-0.4, -0.2) is 22.0 Å². The highest BCUT2D eigenvalue weighted by atomic mass is 19.1. The second-order valence-corrected chi connectivity index (χ2v) is 6.35. The van der Waals surface area contributed by atoms with Gasteiger partial charge in [0, 0.05) is 11.5 Å². The normalized spacial score (nSPS) is 11.3. The molecular formula is C21H14F2N4O3. The van der Waals surface area contributed by atoms with E-state index < -0.39 is 17.6 Å². The van der Waals surface area contributed by atoms with Crippen LogP contribution in [0, 0.1) is 11.6 Å². The molecule has 0 fully saturated rings. The predicted molar refractivity (Wildman–Crippen MR) is 107 cm³/mol. The Morgan fingerprint density at radius 2 is 1.77 bits per heavy atom. The molecule has 30 heavy (non-hydrogen) atoms. The maximum Gasteiger partial charge on any atom is 0.291 e. The van der Waals surface area contributed by atoms with Gasteiger partial charge in [-0.25, -0.2) is 8.78 Å². The third kappa shape index (κ3) is 3.81. The molecule has 0 bridgehead atoms. The summed E-state index contributed by atoms with van der Waals surface area (Å²) in [5.41, 5.74) is 6.68. The number of furan rings is 1. The summed E-state index contributed by atoms with van der Waals surface area (Å²) in [5.74, 6) is -2.96. The predicted octanol–water partition coefficient (Wildman–Crippen LogP) is 3.96. The summed E-state index contributed by atoms with van der Waals surface area (Å²) >= 11 is 0. The molecule has 0 radical (unpaired) electrons. The number of hydrogen-bond donors (Lipinski definition) is 3. The lowest BCUT2D eigenvalue weighted by molar-refractivity contribution is 0.0959. The monoisotopic (exact) mass is 408 g/mol. The van der Waals surface area contributed by atoms with Crippen LogP contribution < -0.4 is 11.1 Å². The van der Waals surface area contributed by atoms with E-state index in [9.17, 15) is 18.4 Å². The molecule has 4 rings (SSSR count). The molecule has 0 aliphatic carbocycles. The quantitative estimate of drug-likeness (QED) is 0.464. The number of benzene rings is 2. The van der Waals surface area contributed by atoms with Crippen LogP contribution in [0.1, 0.15) is 32.4 Å². The SMILES string of the molecule is NC(=O)c1ccc(C(=O)Nc2cc3c(/C=C/c4ccc(F)cc4)n[nH]c3cc2F)o1. The molecule has 0 saturated heterocycles. The molecule has 150 valence electrons. The zero-order valence-corrected chi connectivity index (χ0v) is 15.3. The molecule has 0 spiro atoms. The van der Waals surface area contributed by atoms with E-state index in [0.717, 1.165) is 5.56 Å². The molecule has 0 aliphatic rings. The molecule has 2 heterocycles. The summed E-state index contributed by atoms with van der Waals surface area (Å²) in [6, 6.07) is 11.0. The Hall–Kier alpha value is -4.27. The third-order valence-electron chi connectivity index (χ3n) is 4.30. The number of amides is 2. The van der Waals surface area contributed by atoms with Gasteiger partial charge in [-0.05, 0) is 42.0 Å². The van der Waals surface area contributed by atoms with E-state index in [1.165, 1.54) is 36.4 Å². The molecule has 4 N–H and O–H groups in total. The average molecular weight is 408 g/mol.